The number of nitrogens with one attached hydrogen (secondary N) is 2. The SMILES string of the molecule is COCCOc1ccc(NC(=O)Nc2cc(C)on2)c(OC)c1. The van der Waals surface area contributed by atoms with Gasteiger partial charge < -0.3 is 24.1 Å². The fourth-order valence-corrected chi connectivity index (χ4v) is 1.80. The van der Waals surface area contributed by atoms with Gasteiger partial charge in [0.15, 0.2) is 5.82 Å². The number of carbonyl (C=O) groups is 1. The number of hydrogen-bond acceptors (Lipinski definition) is 6. The van der Waals surface area contributed by atoms with Crippen LogP contribution < -0.4 is 20.1 Å². The van der Waals surface area contributed by atoms with E-state index >= 15 is 0 Å². The van der Waals surface area contributed by atoms with Gasteiger partial charge in [-0.3, -0.25) is 5.32 Å². The summed E-state index contributed by atoms with van der Waals surface area (Å²) < 4.78 is 20.5. The molecule has 1 heterocycles. The Labute approximate surface area is 133 Å². The smallest absolute Gasteiger partial charge is 0.325 e. The summed E-state index contributed by atoms with van der Waals surface area (Å²) in [7, 11) is 3.12. The van der Waals surface area contributed by atoms with Gasteiger partial charge in [0.1, 0.15) is 23.9 Å². The van der Waals surface area contributed by atoms with Crippen molar-refractivity contribution in [2.45, 2.75) is 6.92 Å². The molecule has 124 valence electrons. The van der Waals surface area contributed by atoms with E-state index in [4.69, 9.17) is 18.7 Å². The van der Waals surface area contributed by atoms with Crippen LogP contribution >= 0.6 is 0 Å². The van der Waals surface area contributed by atoms with Gasteiger partial charge in [0.25, 0.3) is 0 Å². The highest BCUT2D eigenvalue weighted by atomic mass is 16.5. The highest BCUT2D eigenvalue weighted by Crippen LogP contribution is 2.29. The van der Waals surface area contributed by atoms with Gasteiger partial charge in [-0.25, -0.2) is 4.79 Å². The largest absolute Gasteiger partial charge is 0.494 e. The van der Waals surface area contributed by atoms with Crippen LogP contribution in [0, 0.1) is 6.92 Å². The second-order valence-electron chi connectivity index (χ2n) is 4.61. The Bertz CT molecular complexity index is 656. The quantitative estimate of drug-likeness (QED) is 0.761. The van der Waals surface area contributed by atoms with Crippen molar-refractivity contribution in [2.24, 2.45) is 0 Å². The number of rotatable bonds is 7. The van der Waals surface area contributed by atoms with Crippen molar-refractivity contribution in [2.75, 3.05) is 38.1 Å². The van der Waals surface area contributed by atoms with E-state index in [0.717, 1.165) is 0 Å². The molecule has 23 heavy (non-hydrogen) atoms. The van der Waals surface area contributed by atoms with E-state index < -0.39 is 6.03 Å². The first-order chi connectivity index (χ1) is 11.1. The number of nitrogens with zero attached hydrogens (tertiary/aromatic N) is 1. The van der Waals surface area contributed by atoms with E-state index in [9.17, 15) is 4.79 Å². The second kappa shape index (κ2) is 8.04. The minimum atomic E-state index is -0.454. The Balaban J connectivity index is 1.99. The minimum Gasteiger partial charge on any atom is -0.494 e. The van der Waals surface area contributed by atoms with Crippen LogP contribution in [0.4, 0.5) is 16.3 Å². The molecule has 0 bridgehead atoms. The van der Waals surface area contributed by atoms with Gasteiger partial charge in [0.2, 0.25) is 0 Å². The Morgan fingerprint density at radius 2 is 2.04 bits per heavy atom. The number of amides is 2. The van der Waals surface area contributed by atoms with Crippen molar-refractivity contribution in [3.63, 3.8) is 0 Å². The standard InChI is InChI=1S/C15H19N3O5/c1-10-8-14(18-23-10)17-15(19)16-12-5-4-11(9-13(12)21-3)22-7-6-20-2/h4-5,8-9H,6-7H2,1-3H3,(H2,16,17,18,19). The van der Waals surface area contributed by atoms with Crippen molar-refractivity contribution in [3.8, 4) is 11.5 Å². The van der Waals surface area contributed by atoms with Crippen LogP contribution in [0.25, 0.3) is 0 Å². The van der Waals surface area contributed by atoms with E-state index in [1.54, 1.807) is 38.3 Å². The van der Waals surface area contributed by atoms with Gasteiger partial charge in [-0.2, -0.15) is 0 Å². The molecule has 0 atom stereocenters. The van der Waals surface area contributed by atoms with Crippen LogP contribution in [0.15, 0.2) is 28.8 Å². The molecule has 2 rings (SSSR count). The zero-order valence-electron chi connectivity index (χ0n) is 13.2. The molecule has 0 spiro atoms. The molecule has 0 radical (unpaired) electrons. The summed E-state index contributed by atoms with van der Waals surface area (Å²) in [5.74, 6) is 2.04. The average molecular weight is 321 g/mol. The number of ether oxygens (including phenoxy) is 3. The lowest BCUT2D eigenvalue weighted by Crippen LogP contribution is -2.20. The van der Waals surface area contributed by atoms with Crippen LogP contribution in [0.2, 0.25) is 0 Å². The van der Waals surface area contributed by atoms with E-state index in [1.807, 2.05) is 0 Å². The fraction of sp³-hybridized carbons (Fsp3) is 0.333. The first kappa shape index (κ1) is 16.6. The first-order valence-corrected chi connectivity index (χ1v) is 6.93. The number of benzene rings is 1. The lowest BCUT2D eigenvalue weighted by molar-refractivity contribution is 0.146. The molecule has 0 saturated heterocycles. The summed E-state index contributed by atoms with van der Waals surface area (Å²) in [6.45, 7) is 2.65. The third kappa shape index (κ3) is 4.89. The molecule has 8 heteroatoms. The number of anilines is 2. The number of urea groups is 1. The number of methoxy groups -OCH3 is 2. The number of hydrogen-bond donors (Lipinski definition) is 2. The van der Waals surface area contributed by atoms with Crippen molar-refractivity contribution in [3.05, 3.63) is 30.0 Å². The van der Waals surface area contributed by atoms with Crippen molar-refractivity contribution < 1.29 is 23.5 Å². The van der Waals surface area contributed by atoms with Crippen molar-refractivity contribution >= 4 is 17.5 Å². The van der Waals surface area contributed by atoms with E-state index in [-0.39, 0.29) is 0 Å². The molecule has 1 aromatic heterocycles. The van der Waals surface area contributed by atoms with Gasteiger partial charge in [-0.1, -0.05) is 5.16 Å². The molecule has 2 amide bonds. The molecule has 0 aliphatic heterocycles. The number of carbonyl (C=O) groups excluding carboxylic acids is 1. The molecule has 1 aromatic carbocycles. The number of aromatic nitrogens is 1. The van der Waals surface area contributed by atoms with Crippen LogP contribution in [-0.4, -0.2) is 38.6 Å². The molecule has 0 unspecified atom stereocenters. The van der Waals surface area contributed by atoms with Gasteiger partial charge >= 0.3 is 6.03 Å². The predicted octanol–water partition coefficient (Wildman–Crippen LogP) is 2.66. The third-order valence-corrected chi connectivity index (χ3v) is 2.85. The van der Waals surface area contributed by atoms with Crippen molar-refractivity contribution in [1.82, 2.24) is 5.16 Å². The lowest BCUT2D eigenvalue weighted by Gasteiger charge is -2.12. The Kier molecular flexibility index (Phi) is 5.81. The maximum atomic E-state index is 11.9. The Morgan fingerprint density at radius 1 is 1.22 bits per heavy atom. The molecular weight excluding hydrogens is 302 g/mol. The zero-order chi connectivity index (χ0) is 16.7. The average Bonchev–Trinajstić information content (AvgIpc) is 2.93. The topological polar surface area (TPSA) is 94.9 Å². The van der Waals surface area contributed by atoms with E-state index in [1.165, 1.54) is 7.11 Å². The highest BCUT2D eigenvalue weighted by molar-refractivity contribution is 6.00. The molecular formula is C15H19N3O5. The monoisotopic (exact) mass is 321 g/mol. The third-order valence-electron chi connectivity index (χ3n) is 2.85. The second-order valence-corrected chi connectivity index (χ2v) is 4.61. The summed E-state index contributed by atoms with van der Waals surface area (Å²) in [5, 5.41) is 8.92. The lowest BCUT2D eigenvalue weighted by atomic mass is 10.2. The molecule has 0 fully saturated rings. The minimum absolute atomic E-state index is 0.332. The normalized spacial score (nSPS) is 10.2. The Hall–Kier alpha value is -2.74. The molecule has 0 aliphatic carbocycles. The first-order valence-electron chi connectivity index (χ1n) is 6.93. The summed E-state index contributed by atoms with van der Waals surface area (Å²) in [5.41, 5.74) is 0.504. The van der Waals surface area contributed by atoms with E-state index in [2.05, 4.69) is 15.8 Å². The van der Waals surface area contributed by atoms with Crippen LogP contribution in [0.5, 0.6) is 11.5 Å². The molecule has 2 aromatic rings. The molecule has 8 nitrogen and oxygen atoms in total. The maximum absolute atomic E-state index is 11.9. The molecule has 0 saturated carbocycles. The zero-order valence-corrected chi connectivity index (χ0v) is 13.2. The summed E-state index contributed by atoms with van der Waals surface area (Å²) in [6.07, 6.45) is 0. The van der Waals surface area contributed by atoms with Gasteiger partial charge in [0, 0.05) is 19.2 Å². The van der Waals surface area contributed by atoms with Gasteiger partial charge in [-0.15, -0.1) is 0 Å². The summed E-state index contributed by atoms with van der Waals surface area (Å²) in [6, 6.07) is 6.27. The Morgan fingerprint density at radius 3 is 2.70 bits per heavy atom. The van der Waals surface area contributed by atoms with Crippen molar-refractivity contribution in [1.29, 1.82) is 0 Å². The maximum Gasteiger partial charge on any atom is 0.325 e. The van der Waals surface area contributed by atoms with Gasteiger partial charge in [-0.05, 0) is 19.1 Å². The summed E-state index contributed by atoms with van der Waals surface area (Å²) >= 11 is 0. The predicted molar refractivity (Wildman–Crippen MR) is 84.2 cm³/mol. The van der Waals surface area contributed by atoms with Crippen LogP contribution in [0.1, 0.15) is 5.76 Å². The highest BCUT2D eigenvalue weighted by Gasteiger charge is 2.11. The van der Waals surface area contributed by atoms with Gasteiger partial charge in [0.05, 0.1) is 19.4 Å². The van der Waals surface area contributed by atoms with E-state index in [0.29, 0.717) is 42.0 Å². The fourth-order valence-electron chi connectivity index (χ4n) is 1.80. The summed E-state index contributed by atoms with van der Waals surface area (Å²) in [4.78, 5) is 11.9. The van der Waals surface area contributed by atoms with Crippen LogP contribution in [0.3, 0.4) is 0 Å². The molecule has 0 aliphatic rings. The molecule has 2 N–H and O–H groups in total. The van der Waals surface area contributed by atoms with Crippen LogP contribution in [-0.2, 0) is 4.74 Å². The number of aryl methyl sites for hydroxylation is 1.